The minimum absolute atomic E-state index is 0.0429. The van der Waals surface area contributed by atoms with Gasteiger partial charge in [0.05, 0.1) is 10.3 Å². The maximum absolute atomic E-state index is 11.8. The number of benzene rings is 1. The van der Waals surface area contributed by atoms with Gasteiger partial charge in [-0.25, -0.2) is 0 Å². The minimum atomic E-state index is -0.164. The lowest BCUT2D eigenvalue weighted by atomic mass is 10.3. The largest absolute Gasteiger partial charge is 0.399 e. The molecule has 0 aliphatic heterocycles. The number of unbranched alkanes of at least 4 members (excludes halogenated alkanes) is 1. The maximum Gasteiger partial charge on any atom is 0.233 e. The predicted molar refractivity (Wildman–Crippen MR) is 79.1 cm³/mol. The average molecular weight is 287 g/mol. The number of carbonyl (C=O) groups excluding carboxylic acids is 1. The highest BCUT2D eigenvalue weighted by Crippen LogP contribution is 2.31. The highest BCUT2D eigenvalue weighted by atomic mass is 35.5. The van der Waals surface area contributed by atoms with E-state index in [4.69, 9.17) is 17.3 Å². The van der Waals surface area contributed by atoms with Crippen molar-refractivity contribution < 1.29 is 4.79 Å². The summed E-state index contributed by atoms with van der Waals surface area (Å²) >= 11 is 7.52. The second-order valence-corrected chi connectivity index (χ2v) is 5.88. The normalized spacial score (nSPS) is 12.2. The van der Waals surface area contributed by atoms with Gasteiger partial charge in [-0.3, -0.25) is 4.79 Å². The Balaban J connectivity index is 2.53. The van der Waals surface area contributed by atoms with E-state index in [1.165, 1.54) is 11.8 Å². The number of nitrogen functional groups attached to an aromatic ring is 1. The van der Waals surface area contributed by atoms with E-state index in [0.29, 0.717) is 10.7 Å². The lowest BCUT2D eigenvalue weighted by Gasteiger charge is -2.12. The van der Waals surface area contributed by atoms with Gasteiger partial charge in [-0.05, 0) is 31.5 Å². The number of amides is 1. The second-order valence-electron chi connectivity index (χ2n) is 4.09. The average Bonchev–Trinajstić information content (AvgIpc) is 2.32. The molecule has 0 aliphatic rings. The van der Waals surface area contributed by atoms with Crippen molar-refractivity contribution in [2.75, 3.05) is 12.3 Å². The van der Waals surface area contributed by atoms with E-state index in [2.05, 4.69) is 12.2 Å². The second kappa shape index (κ2) is 7.54. The summed E-state index contributed by atoms with van der Waals surface area (Å²) in [5, 5.41) is 3.33. The molecule has 1 atom stereocenters. The van der Waals surface area contributed by atoms with Gasteiger partial charge in [0.15, 0.2) is 0 Å². The highest BCUT2D eigenvalue weighted by molar-refractivity contribution is 8.00. The molecule has 1 amide bonds. The topological polar surface area (TPSA) is 55.1 Å². The first kappa shape index (κ1) is 15.2. The Bertz CT molecular complexity index is 412. The summed E-state index contributed by atoms with van der Waals surface area (Å²) in [4.78, 5) is 12.7. The molecule has 0 bridgehead atoms. The number of halogens is 1. The first-order valence-electron chi connectivity index (χ1n) is 6.04. The van der Waals surface area contributed by atoms with Crippen LogP contribution in [0, 0.1) is 0 Å². The van der Waals surface area contributed by atoms with Crippen molar-refractivity contribution in [2.45, 2.75) is 36.8 Å². The molecule has 1 aromatic carbocycles. The SMILES string of the molecule is CCCCNC(=O)C(C)Sc1ccc(N)cc1Cl. The smallest absolute Gasteiger partial charge is 0.233 e. The molecule has 3 N–H and O–H groups in total. The Morgan fingerprint density at radius 2 is 2.28 bits per heavy atom. The van der Waals surface area contributed by atoms with Gasteiger partial charge < -0.3 is 11.1 Å². The van der Waals surface area contributed by atoms with Crippen LogP contribution in [0.1, 0.15) is 26.7 Å². The molecule has 0 heterocycles. The van der Waals surface area contributed by atoms with E-state index < -0.39 is 0 Å². The van der Waals surface area contributed by atoms with Gasteiger partial charge in [-0.15, -0.1) is 11.8 Å². The third kappa shape index (κ3) is 4.78. The van der Waals surface area contributed by atoms with Gasteiger partial charge in [0.1, 0.15) is 0 Å². The molecule has 0 aliphatic carbocycles. The maximum atomic E-state index is 11.8. The summed E-state index contributed by atoms with van der Waals surface area (Å²) in [5.41, 5.74) is 6.26. The van der Waals surface area contributed by atoms with Crippen LogP contribution in [0.25, 0.3) is 0 Å². The molecular weight excluding hydrogens is 268 g/mol. The third-order valence-electron chi connectivity index (χ3n) is 2.46. The summed E-state index contributed by atoms with van der Waals surface area (Å²) < 4.78 is 0. The molecule has 0 aromatic heterocycles. The molecule has 0 fully saturated rings. The van der Waals surface area contributed by atoms with Gasteiger partial charge in [0, 0.05) is 17.1 Å². The van der Waals surface area contributed by atoms with E-state index >= 15 is 0 Å². The van der Waals surface area contributed by atoms with E-state index in [1.807, 2.05) is 13.0 Å². The van der Waals surface area contributed by atoms with Crippen molar-refractivity contribution in [1.82, 2.24) is 5.32 Å². The fourth-order valence-electron chi connectivity index (χ4n) is 1.39. The number of rotatable bonds is 6. The molecule has 0 radical (unpaired) electrons. The quantitative estimate of drug-likeness (QED) is 0.479. The fraction of sp³-hybridized carbons (Fsp3) is 0.462. The zero-order valence-corrected chi connectivity index (χ0v) is 12.3. The number of hydrogen-bond acceptors (Lipinski definition) is 3. The molecule has 100 valence electrons. The first-order chi connectivity index (χ1) is 8.54. The minimum Gasteiger partial charge on any atom is -0.399 e. The third-order valence-corrected chi connectivity index (χ3v) is 4.06. The Kier molecular flexibility index (Phi) is 6.36. The van der Waals surface area contributed by atoms with Crippen molar-refractivity contribution in [1.29, 1.82) is 0 Å². The van der Waals surface area contributed by atoms with Gasteiger partial charge >= 0.3 is 0 Å². The van der Waals surface area contributed by atoms with Crippen LogP contribution in [0.5, 0.6) is 0 Å². The van der Waals surface area contributed by atoms with Crippen LogP contribution in [-0.4, -0.2) is 17.7 Å². The standard InChI is InChI=1S/C13H19ClN2OS/c1-3-4-7-16-13(17)9(2)18-12-6-5-10(15)8-11(12)14/h5-6,8-9H,3-4,7,15H2,1-2H3,(H,16,17). The molecule has 0 saturated carbocycles. The van der Waals surface area contributed by atoms with E-state index in [0.717, 1.165) is 24.3 Å². The number of nitrogens with one attached hydrogen (secondary N) is 1. The van der Waals surface area contributed by atoms with E-state index in [-0.39, 0.29) is 11.2 Å². The van der Waals surface area contributed by atoms with Gasteiger partial charge in [0.25, 0.3) is 0 Å². The monoisotopic (exact) mass is 286 g/mol. The Hall–Kier alpha value is -0.870. The molecule has 5 heteroatoms. The highest BCUT2D eigenvalue weighted by Gasteiger charge is 2.15. The van der Waals surface area contributed by atoms with Crippen molar-refractivity contribution in [2.24, 2.45) is 0 Å². The summed E-state index contributed by atoms with van der Waals surface area (Å²) in [7, 11) is 0. The van der Waals surface area contributed by atoms with Crippen molar-refractivity contribution >= 4 is 35.0 Å². The van der Waals surface area contributed by atoms with Crippen molar-refractivity contribution in [3.05, 3.63) is 23.2 Å². The summed E-state index contributed by atoms with van der Waals surface area (Å²) in [5.74, 6) is 0.0429. The fourth-order valence-corrected chi connectivity index (χ4v) is 2.60. The Morgan fingerprint density at radius 1 is 1.56 bits per heavy atom. The lowest BCUT2D eigenvalue weighted by Crippen LogP contribution is -2.31. The van der Waals surface area contributed by atoms with Gasteiger partial charge in [-0.1, -0.05) is 24.9 Å². The zero-order chi connectivity index (χ0) is 13.5. The van der Waals surface area contributed by atoms with Crippen LogP contribution in [0.3, 0.4) is 0 Å². The Labute approximate surface area is 117 Å². The molecule has 1 unspecified atom stereocenters. The van der Waals surface area contributed by atoms with Gasteiger partial charge in [-0.2, -0.15) is 0 Å². The number of nitrogens with two attached hydrogens (primary N) is 1. The van der Waals surface area contributed by atoms with Crippen LogP contribution in [0.15, 0.2) is 23.1 Å². The lowest BCUT2D eigenvalue weighted by molar-refractivity contribution is -0.120. The van der Waals surface area contributed by atoms with Crippen LogP contribution >= 0.6 is 23.4 Å². The molecule has 0 spiro atoms. The zero-order valence-electron chi connectivity index (χ0n) is 10.7. The molecule has 1 rings (SSSR count). The van der Waals surface area contributed by atoms with Crippen molar-refractivity contribution in [3.8, 4) is 0 Å². The molecule has 1 aromatic rings. The van der Waals surface area contributed by atoms with Crippen LogP contribution < -0.4 is 11.1 Å². The Morgan fingerprint density at radius 3 is 2.89 bits per heavy atom. The van der Waals surface area contributed by atoms with Crippen LogP contribution in [0.2, 0.25) is 5.02 Å². The van der Waals surface area contributed by atoms with Crippen molar-refractivity contribution in [3.63, 3.8) is 0 Å². The van der Waals surface area contributed by atoms with Crippen LogP contribution in [-0.2, 0) is 4.79 Å². The number of hydrogen-bond donors (Lipinski definition) is 2. The molecule has 3 nitrogen and oxygen atoms in total. The summed E-state index contributed by atoms with van der Waals surface area (Å²) in [6.45, 7) is 4.70. The predicted octanol–water partition coefficient (Wildman–Crippen LogP) is 3.32. The molecule has 0 saturated heterocycles. The summed E-state index contributed by atoms with van der Waals surface area (Å²) in [6, 6.07) is 5.33. The number of carbonyl (C=O) groups is 1. The van der Waals surface area contributed by atoms with Crippen LogP contribution in [0.4, 0.5) is 5.69 Å². The first-order valence-corrected chi connectivity index (χ1v) is 7.29. The molecular formula is C13H19ClN2OS. The number of anilines is 1. The van der Waals surface area contributed by atoms with Gasteiger partial charge in [0.2, 0.25) is 5.91 Å². The van der Waals surface area contributed by atoms with E-state index in [9.17, 15) is 4.79 Å². The summed E-state index contributed by atoms with van der Waals surface area (Å²) in [6.07, 6.45) is 2.08. The molecule has 18 heavy (non-hydrogen) atoms. The van der Waals surface area contributed by atoms with E-state index in [1.54, 1.807) is 12.1 Å². The number of thioether (sulfide) groups is 1.